The standard InChI is InChI=1S/C14H23FN2O/c1-3-4-9-18-10-5-8-16-12(2)14-7-6-13(15)11-17-14/h6-7,11-12,16H,3-5,8-10H2,1-2H3. The Hall–Kier alpha value is -1.00. The molecule has 0 amide bonds. The predicted octanol–water partition coefficient (Wildman–Crippen LogP) is 3.08. The molecule has 1 unspecified atom stereocenters. The van der Waals surface area contributed by atoms with Gasteiger partial charge in [0.05, 0.1) is 11.9 Å². The molecule has 102 valence electrons. The third kappa shape index (κ3) is 6.07. The summed E-state index contributed by atoms with van der Waals surface area (Å²) in [5, 5.41) is 3.34. The van der Waals surface area contributed by atoms with Crippen molar-refractivity contribution in [2.24, 2.45) is 0 Å². The molecule has 3 nitrogen and oxygen atoms in total. The van der Waals surface area contributed by atoms with Crippen LogP contribution in [0.5, 0.6) is 0 Å². The molecule has 0 spiro atoms. The monoisotopic (exact) mass is 254 g/mol. The zero-order valence-corrected chi connectivity index (χ0v) is 11.3. The minimum absolute atomic E-state index is 0.140. The highest BCUT2D eigenvalue weighted by Gasteiger charge is 2.05. The smallest absolute Gasteiger partial charge is 0.141 e. The Balaban J connectivity index is 2.10. The number of halogens is 1. The summed E-state index contributed by atoms with van der Waals surface area (Å²) in [5.74, 6) is -0.296. The molecule has 1 N–H and O–H groups in total. The summed E-state index contributed by atoms with van der Waals surface area (Å²) in [4.78, 5) is 4.05. The van der Waals surface area contributed by atoms with E-state index >= 15 is 0 Å². The van der Waals surface area contributed by atoms with Crippen molar-refractivity contribution in [1.82, 2.24) is 10.3 Å². The summed E-state index contributed by atoms with van der Waals surface area (Å²) < 4.78 is 18.2. The van der Waals surface area contributed by atoms with E-state index in [1.807, 2.05) is 6.92 Å². The molecule has 1 atom stereocenters. The maximum absolute atomic E-state index is 12.7. The molecule has 0 aromatic carbocycles. The fourth-order valence-electron chi connectivity index (χ4n) is 1.59. The van der Waals surface area contributed by atoms with Crippen LogP contribution in [0.1, 0.15) is 44.8 Å². The van der Waals surface area contributed by atoms with Crippen molar-refractivity contribution < 1.29 is 9.13 Å². The molecule has 1 heterocycles. The van der Waals surface area contributed by atoms with Crippen molar-refractivity contribution in [2.75, 3.05) is 19.8 Å². The number of pyridine rings is 1. The highest BCUT2D eigenvalue weighted by Crippen LogP contribution is 2.08. The van der Waals surface area contributed by atoms with Crippen LogP contribution in [-0.2, 0) is 4.74 Å². The number of hydrogen-bond acceptors (Lipinski definition) is 3. The number of ether oxygens (including phenoxy) is 1. The Bertz CT molecular complexity index is 316. The summed E-state index contributed by atoms with van der Waals surface area (Å²) in [6.07, 6.45) is 4.53. The van der Waals surface area contributed by atoms with Crippen molar-refractivity contribution in [3.05, 3.63) is 29.8 Å². The number of nitrogens with one attached hydrogen (secondary N) is 1. The highest BCUT2D eigenvalue weighted by atomic mass is 19.1. The van der Waals surface area contributed by atoms with Gasteiger partial charge in [0.1, 0.15) is 5.82 Å². The number of hydrogen-bond donors (Lipinski definition) is 1. The summed E-state index contributed by atoms with van der Waals surface area (Å²) in [6.45, 7) is 6.70. The van der Waals surface area contributed by atoms with Crippen LogP contribution in [0.4, 0.5) is 4.39 Å². The van der Waals surface area contributed by atoms with Gasteiger partial charge in [-0.05, 0) is 38.4 Å². The van der Waals surface area contributed by atoms with Gasteiger partial charge in [0, 0.05) is 19.3 Å². The van der Waals surface area contributed by atoms with Crippen LogP contribution in [0, 0.1) is 5.82 Å². The van der Waals surface area contributed by atoms with E-state index in [0.717, 1.165) is 38.3 Å². The molecule has 0 radical (unpaired) electrons. The first kappa shape index (κ1) is 15.1. The van der Waals surface area contributed by atoms with Gasteiger partial charge < -0.3 is 10.1 Å². The van der Waals surface area contributed by atoms with Gasteiger partial charge in [0.2, 0.25) is 0 Å². The molecule has 1 rings (SSSR count). The van der Waals surface area contributed by atoms with Crippen LogP contribution < -0.4 is 5.32 Å². The quantitative estimate of drug-likeness (QED) is 0.688. The van der Waals surface area contributed by atoms with Crippen molar-refractivity contribution in [3.8, 4) is 0 Å². The lowest BCUT2D eigenvalue weighted by atomic mass is 10.2. The Morgan fingerprint density at radius 1 is 1.33 bits per heavy atom. The maximum atomic E-state index is 12.7. The van der Waals surface area contributed by atoms with E-state index in [1.54, 1.807) is 6.07 Å². The van der Waals surface area contributed by atoms with E-state index in [0.29, 0.717) is 0 Å². The molecule has 0 aliphatic rings. The largest absolute Gasteiger partial charge is 0.381 e. The lowest BCUT2D eigenvalue weighted by Gasteiger charge is -2.13. The van der Waals surface area contributed by atoms with Crippen molar-refractivity contribution in [3.63, 3.8) is 0 Å². The molecule has 0 bridgehead atoms. The van der Waals surface area contributed by atoms with E-state index in [-0.39, 0.29) is 11.9 Å². The van der Waals surface area contributed by atoms with Gasteiger partial charge in [-0.2, -0.15) is 0 Å². The Morgan fingerprint density at radius 2 is 2.11 bits per heavy atom. The fourth-order valence-corrected chi connectivity index (χ4v) is 1.59. The third-order valence-corrected chi connectivity index (χ3v) is 2.75. The van der Waals surface area contributed by atoms with Crippen LogP contribution in [-0.4, -0.2) is 24.7 Å². The van der Waals surface area contributed by atoms with Gasteiger partial charge in [-0.25, -0.2) is 4.39 Å². The van der Waals surface area contributed by atoms with E-state index in [4.69, 9.17) is 4.74 Å². The number of aromatic nitrogens is 1. The van der Waals surface area contributed by atoms with Gasteiger partial charge >= 0.3 is 0 Å². The minimum Gasteiger partial charge on any atom is -0.381 e. The van der Waals surface area contributed by atoms with Gasteiger partial charge in [-0.3, -0.25) is 4.98 Å². The normalized spacial score (nSPS) is 12.6. The summed E-state index contributed by atoms with van der Waals surface area (Å²) in [7, 11) is 0. The third-order valence-electron chi connectivity index (χ3n) is 2.75. The maximum Gasteiger partial charge on any atom is 0.141 e. The molecule has 0 saturated heterocycles. The van der Waals surface area contributed by atoms with Gasteiger partial charge in [-0.15, -0.1) is 0 Å². The molecule has 1 aromatic rings. The lowest BCUT2D eigenvalue weighted by molar-refractivity contribution is 0.128. The van der Waals surface area contributed by atoms with Crippen molar-refractivity contribution >= 4 is 0 Å². The van der Waals surface area contributed by atoms with Crippen molar-refractivity contribution in [2.45, 2.75) is 39.2 Å². The zero-order chi connectivity index (χ0) is 13.2. The molecule has 4 heteroatoms. The highest BCUT2D eigenvalue weighted by molar-refractivity contribution is 5.08. The number of nitrogens with zero attached hydrogens (tertiary/aromatic N) is 1. The SMILES string of the molecule is CCCCOCCCNC(C)c1ccc(F)cn1. The zero-order valence-electron chi connectivity index (χ0n) is 11.3. The molecule has 0 saturated carbocycles. The van der Waals surface area contributed by atoms with E-state index in [2.05, 4.69) is 17.2 Å². The van der Waals surface area contributed by atoms with E-state index < -0.39 is 0 Å². The lowest BCUT2D eigenvalue weighted by Crippen LogP contribution is -2.21. The van der Waals surface area contributed by atoms with Crippen LogP contribution in [0.3, 0.4) is 0 Å². The van der Waals surface area contributed by atoms with E-state index in [1.165, 1.54) is 18.7 Å². The summed E-state index contributed by atoms with van der Waals surface area (Å²) in [6, 6.07) is 3.29. The molecule has 1 aromatic heterocycles. The second-order valence-electron chi connectivity index (χ2n) is 4.40. The summed E-state index contributed by atoms with van der Waals surface area (Å²) >= 11 is 0. The van der Waals surface area contributed by atoms with Crippen LogP contribution >= 0.6 is 0 Å². The second-order valence-corrected chi connectivity index (χ2v) is 4.40. The van der Waals surface area contributed by atoms with Gasteiger partial charge in [0.25, 0.3) is 0 Å². The second kappa shape index (κ2) is 9.00. The van der Waals surface area contributed by atoms with E-state index in [9.17, 15) is 4.39 Å². The average Bonchev–Trinajstić information content (AvgIpc) is 2.38. The average molecular weight is 254 g/mol. The molecule has 0 aliphatic carbocycles. The number of unbranched alkanes of at least 4 members (excludes halogenated alkanes) is 1. The topological polar surface area (TPSA) is 34.1 Å². The Morgan fingerprint density at radius 3 is 2.78 bits per heavy atom. The van der Waals surface area contributed by atoms with Crippen LogP contribution in [0.15, 0.2) is 18.3 Å². The van der Waals surface area contributed by atoms with Gasteiger partial charge in [0.15, 0.2) is 0 Å². The van der Waals surface area contributed by atoms with Crippen LogP contribution in [0.2, 0.25) is 0 Å². The minimum atomic E-state index is -0.296. The fraction of sp³-hybridized carbons (Fsp3) is 0.643. The number of rotatable bonds is 9. The predicted molar refractivity (Wildman–Crippen MR) is 71.0 cm³/mol. The molecular weight excluding hydrogens is 231 g/mol. The molecular formula is C14H23FN2O. The first-order valence-electron chi connectivity index (χ1n) is 6.66. The van der Waals surface area contributed by atoms with Gasteiger partial charge in [-0.1, -0.05) is 13.3 Å². The Kier molecular flexibility index (Phi) is 7.53. The molecule has 0 aliphatic heterocycles. The first-order valence-corrected chi connectivity index (χ1v) is 6.66. The van der Waals surface area contributed by atoms with Crippen molar-refractivity contribution in [1.29, 1.82) is 0 Å². The van der Waals surface area contributed by atoms with Crippen LogP contribution in [0.25, 0.3) is 0 Å². The molecule has 0 fully saturated rings. The molecule has 18 heavy (non-hydrogen) atoms. The summed E-state index contributed by atoms with van der Waals surface area (Å²) in [5.41, 5.74) is 0.864. The first-order chi connectivity index (χ1) is 8.74. The Labute approximate surface area is 109 Å².